The number of rotatable bonds is 7. The van der Waals surface area contributed by atoms with E-state index >= 15 is 0 Å². The summed E-state index contributed by atoms with van der Waals surface area (Å²) in [6.45, 7) is 2.93. The number of anilines is 3. The van der Waals surface area contributed by atoms with Crippen LogP contribution in [-0.4, -0.2) is 73.1 Å². The van der Waals surface area contributed by atoms with Gasteiger partial charge < -0.3 is 15.5 Å². The first-order chi connectivity index (χ1) is 17.2. The minimum atomic E-state index is -0.233. The van der Waals surface area contributed by atoms with E-state index in [4.69, 9.17) is 9.97 Å². The van der Waals surface area contributed by atoms with Gasteiger partial charge in [0.25, 0.3) is 0 Å². The minimum absolute atomic E-state index is 0.111. The third-order valence-corrected chi connectivity index (χ3v) is 7.91. The summed E-state index contributed by atoms with van der Waals surface area (Å²) in [7, 11) is 0. The molecule has 0 spiro atoms. The molecule has 4 aliphatic rings. The molecule has 1 unspecified atom stereocenters. The molecule has 10 nitrogen and oxygen atoms in total. The highest BCUT2D eigenvalue weighted by atomic mass is 16.2. The van der Waals surface area contributed by atoms with Crippen LogP contribution in [0, 0.1) is 0 Å². The highest BCUT2D eigenvalue weighted by Gasteiger charge is 2.37. The van der Waals surface area contributed by atoms with Crippen molar-refractivity contribution in [2.75, 3.05) is 29.9 Å². The van der Waals surface area contributed by atoms with E-state index in [-0.39, 0.29) is 18.0 Å². The molecular formula is C25H33N9O. The highest BCUT2D eigenvalue weighted by molar-refractivity contribution is 5.85. The molecule has 0 bridgehead atoms. The second-order valence-corrected chi connectivity index (χ2v) is 10.6. The number of fused-ring (bicyclic) bond motifs is 1. The van der Waals surface area contributed by atoms with Gasteiger partial charge in [0.2, 0.25) is 17.8 Å². The Morgan fingerprint density at radius 2 is 1.94 bits per heavy atom. The summed E-state index contributed by atoms with van der Waals surface area (Å²) in [6, 6.07) is 6.75. The quantitative estimate of drug-likeness (QED) is 0.482. The molecule has 2 aliphatic heterocycles. The fourth-order valence-corrected chi connectivity index (χ4v) is 5.73. The number of amides is 1. The van der Waals surface area contributed by atoms with Crippen molar-refractivity contribution in [3.05, 3.63) is 30.1 Å². The summed E-state index contributed by atoms with van der Waals surface area (Å²) in [6.07, 6.45) is 11.0. The maximum Gasteiger partial charge on any atom is 0.243 e. The molecule has 35 heavy (non-hydrogen) atoms. The summed E-state index contributed by atoms with van der Waals surface area (Å²) in [5.74, 6) is 2.72. The molecule has 2 saturated carbocycles. The Morgan fingerprint density at radius 1 is 1.06 bits per heavy atom. The van der Waals surface area contributed by atoms with Crippen molar-refractivity contribution >= 4 is 29.3 Å². The smallest absolute Gasteiger partial charge is 0.243 e. The lowest BCUT2D eigenvalue weighted by Crippen LogP contribution is -2.53. The Balaban J connectivity index is 1.10. The number of hydrogen-bond acceptors (Lipinski definition) is 7. The molecule has 7 rings (SSSR count). The fourth-order valence-electron chi connectivity index (χ4n) is 5.73. The first-order valence-electron chi connectivity index (χ1n) is 13.2. The fraction of sp³-hybridized carbons (Fsp3) is 0.600. The molecule has 0 radical (unpaired) electrons. The van der Waals surface area contributed by atoms with Crippen molar-refractivity contribution in [2.24, 2.45) is 0 Å². The topological polar surface area (TPSA) is 106 Å². The van der Waals surface area contributed by atoms with E-state index in [1.807, 2.05) is 22.7 Å². The number of nitrogens with zero attached hydrogens (tertiary/aromatic N) is 6. The number of H-pyrrole nitrogens is 1. The van der Waals surface area contributed by atoms with E-state index in [0.29, 0.717) is 17.8 Å². The molecule has 0 aromatic carbocycles. The van der Waals surface area contributed by atoms with E-state index < -0.39 is 0 Å². The average Bonchev–Trinajstić information content (AvgIpc) is 3.74. The molecule has 184 valence electrons. The lowest BCUT2D eigenvalue weighted by atomic mass is 10.0. The van der Waals surface area contributed by atoms with Crippen LogP contribution in [-0.2, 0) is 4.79 Å². The third kappa shape index (κ3) is 4.24. The number of carbonyl (C=O) groups excluding carboxylic acids is 1. The van der Waals surface area contributed by atoms with Crippen LogP contribution in [0.5, 0.6) is 0 Å². The molecule has 2 aliphatic carbocycles. The molecule has 3 aromatic heterocycles. The molecule has 1 amide bonds. The van der Waals surface area contributed by atoms with E-state index in [0.717, 1.165) is 56.3 Å². The first-order valence-corrected chi connectivity index (χ1v) is 13.2. The highest BCUT2D eigenvalue weighted by Crippen LogP contribution is 2.39. The van der Waals surface area contributed by atoms with Crippen molar-refractivity contribution in [2.45, 2.75) is 75.4 Å². The van der Waals surface area contributed by atoms with Gasteiger partial charge >= 0.3 is 0 Å². The Kier molecular flexibility index (Phi) is 5.15. The molecule has 4 fully saturated rings. The van der Waals surface area contributed by atoms with Gasteiger partial charge in [-0.3, -0.25) is 19.2 Å². The normalized spacial score (nSPS) is 25.3. The average molecular weight is 476 g/mol. The zero-order valence-corrected chi connectivity index (χ0v) is 20.0. The molecule has 3 aromatic rings. The van der Waals surface area contributed by atoms with Crippen LogP contribution in [0.15, 0.2) is 24.4 Å². The van der Waals surface area contributed by atoms with E-state index in [2.05, 4.69) is 36.7 Å². The van der Waals surface area contributed by atoms with Crippen LogP contribution >= 0.6 is 0 Å². The van der Waals surface area contributed by atoms with Gasteiger partial charge in [-0.05, 0) is 70.0 Å². The van der Waals surface area contributed by atoms with Crippen molar-refractivity contribution < 1.29 is 4.79 Å². The van der Waals surface area contributed by atoms with Gasteiger partial charge in [0.05, 0.1) is 0 Å². The Labute approximate surface area is 204 Å². The minimum Gasteiger partial charge on any atom is -0.350 e. The predicted molar refractivity (Wildman–Crippen MR) is 133 cm³/mol. The van der Waals surface area contributed by atoms with Gasteiger partial charge in [-0.1, -0.05) is 0 Å². The monoisotopic (exact) mass is 475 g/mol. The van der Waals surface area contributed by atoms with Gasteiger partial charge in [-0.25, -0.2) is 0 Å². The number of piperidine rings is 1. The standard InChI is InChI=1S/C25H33N9O/c35-23(26-17-4-1-11-32(15-17)18-9-10-18)20-5-2-12-33(20)25-28-22-6-3-13-34(22)24(29-25)27-21-14-19(30-31-21)16-7-8-16/h3,6,13-14,16-18,20H,1-2,4-5,7-12,15H2,(H,26,35)(H2,27,28,29,30,31)/t17-,20?/m1/s1. The van der Waals surface area contributed by atoms with Crippen molar-refractivity contribution in [1.29, 1.82) is 0 Å². The molecule has 2 saturated heterocycles. The number of hydrogen-bond donors (Lipinski definition) is 3. The van der Waals surface area contributed by atoms with Gasteiger partial charge in [0, 0.05) is 49.0 Å². The summed E-state index contributed by atoms with van der Waals surface area (Å²) < 4.78 is 1.93. The first kappa shape index (κ1) is 21.2. The summed E-state index contributed by atoms with van der Waals surface area (Å²) >= 11 is 0. The Bertz CT molecular complexity index is 1230. The SMILES string of the molecule is O=C(N[C@@H]1CCCN(C2CC2)C1)C1CCCN1c1nc(Nc2cc(C3CC3)[nH]n2)n2cccc2n1. The number of carbonyl (C=O) groups is 1. The Hall–Kier alpha value is -3.14. The lowest BCUT2D eigenvalue weighted by Gasteiger charge is -2.34. The molecule has 10 heteroatoms. The summed E-state index contributed by atoms with van der Waals surface area (Å²) in [5.41, 5.74) is 1.97. The van der Waals surface area contributed by atoms with Crippen molar-refractivity contribution in [1.82, 2.24) is 34.8 Å². The zero-order chi connectivity index (χ0) is 23.4. The second-order valence-electron chi connectivity index (χ2n) is 10.6. The Morgan fingerprint density at radius 3 is 2.80 bits per heavy atom. The largest absolute Gasteiger partial charge is 0.350 e. The maximum atomic E-state index is 13.4. The van der Waals surface area contributed by atoms with Gasteiger partial charge in [-0.15, -0.1) is 0 Å². The van der Waals surface area contributed by atoms with Gasteiger partial charge in [0.15, 0.2) is 5.82 Å². The maximum absolute atomic E-state index is 13.4. The van der Waals surface area contributed by atoms with Crippen LogP contribution in [0.2, 0.25) is 0 Å². The van der Waals surface area contributed by atoms with E-state index in [1.165, 1.54) is 37.9 Å². The predicted octanol–water partition coefficient (Wildman–Crippen LogP) is 2.79. The lowest BCUT2D eigenvalue weighted by molar-refractivity contribution is -0.123. The van der Waals surface area contributed by atoms with Gasteiger partial charge in [-0.2, -0.15) is 15.1 Å². The number of nitrogens with one attached hydrogen (secondary N) is 3. The zero-order valence-electron chi connectivity index (χ0n) is 20.0. The van der Waals surface area contributed by atoms with Crippen molar-refractivity contribution in [3.63, 3.8) is 0 Å². The number of aromatic amines is 1. The van der Waals surface area contributed by atoms with Gasteiger partial charge in [0.1, 0.15) is 11.7 Å². The van der Waals surface area contributed by atoms with Crippen molar-refractivity contribution in [3.8, 4) is 0 Å². The van der Waals surface area contributed by atoms with E-state index in [1.54, 1.807) is 0 Å². The second kappa shape index (κ2) is 8.51. The summed E-state index contributed by atoms with van der Waals surface area (Å²) in [4.78, 5) is 27.7. The molecule has 5 heterocycles. The molecule has 2 atom stereocenters. The third-order valence-electron chi connectivity index (χ3n) is 7.91. The molecular weight excluding hydrogens is 442 g/mol. The summed E-state index contributed by atoms with van der Waals surface area (Å²) in [5, 5.41) is 14.3. The van der Waals surface area contributed by atoms with Crippen LogP contribution in [0.4, 0.5) is 17.7 Å². The van der Waals surface area contributed by atoms with Crippen LogP contribution < -0.4 is 15.5 Å². The van der Waals surface area contributed by atoms with Crippen LogP contribution in [0.1, 0.15) is 63.0 Å². The molecule has 3 N–H and O–H groups in total. The van der Waals surface area contributed by atoms with Crippen LogP contribution in [0.3, 0.4) is 0 Å². The van der Waals surface area contributed by atoms with E-state index in [9.17, 15) is 4.79 Å². The number of aromatic nitrogens is 5. The van der Waals surface area contributed by atoms with Crippen LogP contribution in [0.25, 0.3) is 5.65 Å². The number of likely N-dealkylation sites (tertiary alicyclic amines) is 1.